The molecule has 0 radical (unpaired) electrons. The summed E-state index contributed by atoms with van der Waals surface area (Å²) in [5, 5.41) is 9.51. The van der Waals surface area contributed by atoms with E-state index in [0.29, 0.717) is 50.0 Å². The van der Waals surface area contributed by atoms with Gasteiger partial charge in [0.15, 0.2) is 11.6 Å². The van der Waals surface area contributed by atoms with Crippen LogP contribution in [0.3, 0.4) is 0 Å². The molecule has 1 aliphatic carbocycles. The molecule has 6 atom stereocenters. The first kappa shape index (κ1) is 37.4. The fourth-order valence-corrected chi connectivity index (χ4v) is 7.58. The molecule has 7 N–H and O–H groups in total. The van der Waals surface area contributed by atoms with Gasteiger partial charge < -0.3 is 27.4 Å². The first-order chi connectivity index (χ1) is 23.1. The van der Waals surface area contributed by atoms with Crippen LogP contribution in [0.2, 0.25) is 0 Å². The Labute approximate surface area is 286 Å². The number of nitrogens with two attached hydrogens (primary N) is 2. The van der Waals surface area contributed by atoms with Gasteiger partial charge in [-0.1, -0.05) is 74.5 Å². The van der Waals surface area contributed by atoms with Gasteiger partial charge in [0.1, 0.15) is 0 Å². The lowest BCUT2D eigenvalue weighted by molar-refractivity contribution is -0.134. The Balaban J connectivity index is 1.46. The second-order valence-electron chi connectivity index (χ2n) is 14.5. The molecule has 2 amide bonds. The van der Waals surface area contributed by atoms with Crippen molar-refractivity contribution in [1.82, 2.24) is 16.0 Å². The van der Waals surface area contributed by atoms with Crippen LogP contribution in [-0.4, -0.2) is 61.1 Å². The van der Waals surface area contributed by atoms with Gasteiger partial charge in [-0.15, -0.1) is 0 Å². The van der Waals surface area contributed by atoms with Gasteiger partial charge in [-0.3, -0.25) is 19.2 Å². The highest BCUT2D eigenvalue weighted by Crippen LogP contribution is 2.41. The molecule has 4 rings (SSSR count). The zero-order valence-corrected chi connectivity index (χ0v) is 28.9. The van der Waals surface area contributed by atoms with Crippen LogP contribution >= 0.6 is 0 Å². The van der Waals surface area contributed by atoms with Gasteiger partial charge >= 0.3 is 0 Å². The summed E-state index contributed by atoms with van der Waals surface area (Å²) in [6, 6.07) is 16.8. The molecule has 9 nitrogen and oxygen atoms in total. The highest BCUT2D eigenvalue weighted by Gasteiger charge is 2.41. The van der Waals surface area contributed by atoms with Gasteiger partial charge in [-0.25, -0.2) is 0 Å². The molecule has 1 saturated carbocycles. The Hall–Kier alpha value is -3.40. The smallest absolute Gasteiger partial charge is 0.237 e. The largest absolute Gasteiger partial charge is 0.346 e. The lowest BCUT2D eigenvalue weighted by Gasteiger charge is -2.32. The standard InChI is InChI=1S/C39H57N5O4/c1-26(2)19-31(38(47)43-34(15-9-10-18-40)37(46)23-32-29-16-17-30(32)25-42-24-29)22-36(45)35(21-28-13-7-4-8-14-28)44-39(48)33(41)20-27-11-5-3-6-12-27/h3-8,11-14,26,29-35,42H,9-10,15-25,40-41H2,1-2H3,(H,43,47)(H,44,48). The van der Waals surface area contributed by atoms with E-state index in [-0.39, 0.29) is 36.2 Å². The van der Waals surface area contributed by atoms with E-state index in [1.807, 2.05) is 74.5 Å². The van der Waals surface area contributed by atoms with Gasteiger partial charge in [0, 0.05) is 18.8 Å². The molecule has 0 aromatic heterocycles. The monoisotopic (exact) mass is 659 g/mol. The normalized spacial score (nSPS) is 21.2. The van der Waals surface area contributed by atoms with E-state index >= 15 is 0 Å². The number of Topliss-reactive ketones (excluding diaryl/α,β-unsaturated/α-hetero) is 2. The number of ketones is 2. The van der Waals surface area contributed by atoms with E-state index < -0.39 is 30.0 Å². The van der Waals surface area contributed by atoms with Crippen molar-refractivity contribution in [1.29, 1.82) is 0 Å². The molecule has 1 saturated heterocycles. The summed E-state index contributed by atoms with van der Waals surface area (Å²) < 4.78 is 0. The van der Waals surface area contributed by atoms with Crippen molar-refractivity contribution >= 4 is 23.4 Å². The van der Waals surface area contributed by atoms with Crippen LogP contribution < -0.4 is 27.4 Å². The summed E-state index contributed by atoms with van der Waals surface area (Å²) in [5.41, 5.74) is 13.9. The van der Waals surface area contributed by atoms with Crippen molar-refractivity contribution in [3.63, 3.8) is 0 Å². The fraction of sp³-hybridized carbons (Fsp3) is 0.590. The lowest BCUT2D eigenvalue weighted by Crippen LogP contribution is -2.51. The maximum absolute atomic E-state index is 14.0. The zero-order chi connectivity index (χ0) is 34.5. The molecule has 6 unspecified atom stereocenters. The van der Waals surface area contributed by atoms with E-state index in [4.69, 9.17) is 11.5 Å². The third-order valence-electron chi connectivity index (χ3n) is 10.2. The molecule has 48 heavy (non-hydrogen) atoms. The number of hydrogen-bond acceptors (Lipinski definition) is 7. The van der Waals surface area contributed by atoms with E-state index in [0.717, 1.165) is 49.9 Å². The molecule has 1 heterocycles. The number of hydrogen-bond donors (Lipinski definition) is 5. The van der Waals surface area contributed by atoms with Crippen LogP contribution in [0.25, 0.3) is 0 Å². The van der Waals surface area contributed by atoms with Gasteiger partial charge in [0.05, 0.1) is 18.1 Å². The van der Waals surface area contributed by atoms with Crippen molar-refractivity contribution in [2.24, 2.45) is 41.1 Å². The van der Waals surface area contributed by atoms with Crippen molar-refractivity contribution in [3.8, 4) is 0 Å². The highest BCUT2D eigenvalue weighted by atomic mass is 16.2. The van der Waals surface area contributed by atoms with Gasteiger partial charge in [0.25, 0.3) is 0 Å². The van der Waals surface area contributed by atoms with Crippen molar-refractivity contribution < 1.29 is 19.2 Å². The first-order valence-corrected chi connectivity index (χ1v) is 18.0. The molecule has 2 aliphatic rings. The van der Waals surface area contributed by atoms with E-state index in [1.165, 1.54) is 0 Å². The average molecular weight is 660 g/mol. The van der Waals surface area contributed by atoms with Crippen molar-refractivity contribution in [2.45, 2.75) is 96.2 Å². The third kappa shape index (κ3) is 11.3. The summed E-state index contributed by atoms with van der Waals surface area (Å²) in [5.74, 6) is 0.0672. The molecule has 0 spiro atoms. The van der Waals surface area contributed by atoms with Gasteiger partial charge in [-0.2, -0.15) is 0 Å². The molecular formula is C39H57N5O4. The number of carbonyl (C=O) groups is 4. The summed E-state index contributed by atoms with van der Waals surface area (Å²) in [7, 11) is 0. The van der Waals surface area contributed by atoms with Gasteiger partial charge in [0.2, 0.25) is 11.8 Å². The van der Waals surface area contributed by atoms with Crippen LogP contribution in [0.1, 0.15) is 76.3 Å². The number of nitrogens with one attached hydrogen (secondary N) is 3. The quantitative estimate of drug-likeness (QED) is 0.136. The maximum atomic E-state index is 14.0. The number of unbranched alkanes of at least 4 members (excludes halogenated alkanes) is 1. The lowest BCUT2D eigenvalue weighted by atomic mass is 9.81. The fourth-order valence-electron chi connectivity index (χ4n) is 7.58. The Morgan fingerprint density at radius 1 is 0.792 bits per heavy atom. The van der Waals surface area contributed by atoms with Crippen LogP contribution in [0.4, 0.5) is 0 Å². The Morgan fingerprint density at radius 2 is 1.38 bits per heavy atom. The second kappa shape index (κ2) is 19.0. The molecule has 2 aromatic rings. The summed E-state index contributed by atoms with van der Waals surface area (Å²) in [4.78, 5) is 55.0. The predicted molar refractivity (Wildman–Crippen MR) is 190 cm³/mol. The zero-order valence-electron chi connectivity index (χ0n) is 28.9. The van der Waals surface area contributed by atoms with Crippen LogP contribution in [-0.2, 0) is 32.0 Å². The summed E-state index contributed by atoms with van der Waals surface area (Å²) >= 11 is 0. The summed E-state index contributed by atoms with van der Waals surface area (Å²) in [6.45, 7) is 6.48. The third-order valence-corrected chi connectivity index (χ3v) is 10.2. The topological polar surface area (TPSA) is 156 Å². The molecular weight excluding hydrogens is 602 g/mol. The predicted octanol–water partition coefficient (Wildman–Crippen LogP) is 3.72. The minimum absolute atomic E-state index is 0.0438. The van der Waals surface area contributed by atoms with E-state index in [1.54, 1.807) is 0 Å². The maximum Gasteiger partial charge on any atom is 0.237 e. The first-order valence-electron chi connectivity index (χ1n) is 18.0. The minimum atomic E-state index is -0.846. The Bertz CT molecular complexity index is 1300. The number of carbonyl (C=O) groups excluding carboxylic acids is 4. The molecule has 2 bridgehead atoms. The molecule has 9 heteroatoms. The Kier molecular flexibility index (Phi) is 14.8. The minimum Gasteiger partial charge on any atom is -0.346 e. The number of amides is 2. The van der Waals surface area contributed by atoms with Crippen LogP contribution in [0, 0.1) is 29.6 Å². The summed E-state index contributed by atoms with van der Waals surface area (Å²) in [6.07, 6.45) is 5.91. The molecule has 2 aromatic carbocycles. The van der Waals surface area contributed by atoms with Crippen molar-refractivity contribution in [3.05, 3.63) is 71.8 Å². The molecule has 262 valence electrons. The number of piperidine rings is 1. The highest BCUT2D eigenvalue weighted by molar-refractivity contribution is 5.95. The van der Waals surface area contributed by atoms with Gasteiger partial charge in [-0.05, 0) is 106 Å². The average Bonchev–Trinajstić information content (AvgIpc) is 3.27. The van der Waals surface area contributed by atoms with Crippen LogP contribution in [0.5, 0.6) is 0 Å². The molecule has 2 fully saturated rings. The number of rotatable bonds is 20. The van der Waals surface area contributed by atoms with Crippen molar-refractivity contribution in [2.75, 3.05) is 19.6 Å². The van der Waals surface area contributed by atoms with E-state index in [9.17, 15) is 19.2 Å². The number of fused-ring (bicyclic) bond motifs is 2. The SMILES string of the molecule is CC(C)CC(CC(=O)C(Cc1ccccc1)NC(=O)C(N)Cc1ccccc1)C(=O)NC(CCCCN)C(=O)CC1C2CCC1CNC2. The van der Waals surface area contributed by atoms with E-state index in [2.05, 4.69) is 16.0 Å². The van der Waals surface area contributed by atoms with Crippen LogP contribution in [0.15, 0.2) is 60.7 Å². The number of benzene rings is 2. The molecule has 1 aliphatic heterocycles. The second-order valence-corrected chi connectivity index (χ2v) is 14.5. The Morgan fingerprint density at radius 3 is 1.96 bits per heavy atom.